The van der Waals surface area contributed by atoms with E-state index in [1.807, 2.05) is 0 Å². The molecule has 0 bridgehead atoms. The van der Waals surface area contributed by atoms with E-state index in [4.69, 9.17) is 14.5 Å². The highest BCUT2D eigenvalue weighted by molar-refractivity contribution is 14.0. The minimum Gasteiger partial charge on any atom is -0.381 e. The Bertz CT molecular complexity index is 475. The van der Waals surface area contributed by atoms with E-state index >= 15 is 0 Å². The first-order valence-electron chi connectivity index (χ1n) is 11.1. The van der Waals surface area contributed by atoms with E-state index < -0.39 is 0 Å². The summed E-state index contributed by atoms with van der Waals surface area (Å²) in [5, 5.41) is 3.56. The minimum atomic E-state index is 0. The fourth-order valence-corrected chi connectivity index (χ4v) is 5.00. The van der Waals surface area contributed by atoms with Gasteiger partial charge in [-0.3, -0.25) is 9.89 Å². The summed E-state index contributed by atoms with van der Waals surface area (Å²) in [4.78, 5) is 10.2. The highest BCUT2D eigenvalue weighted by Gasteiger charge is 2.42. The molecule has 0 saturated carbocycles. The lowest BCUT2D eigenvalue weighted by atomic mass is 9.87. The van der Waals surface area contributed by atoms with E-state index in [0.29, 0.717) is 17.4 Å². The van der Waals surface area contributed by atoms with Crippen LogP contribution in [0.5, 0.6) is 0 Å². The second-order valence-corrected chi connectivity index (χ2v) is 8.46. The molecule has 0 amide bonds. The molecular weight excluding hydrogens is 467 g/mol. The average molecular weight is 508 g/mol. The molecule has 3 heterocycles. The summed E-state index contributed by atoms with van der Waals surface area (Å²) in [6, 6.07) is 0.518. The van der Waals surface area contributed by atoms with Gasteiger partial charge in [-0.25, -0.2) is 0 Å². The minimum absolute atomic E-state index is 0. The first kappa shape index (κ1) is 24.2. The van der Waals surface area contributed by atoms with E-state index in [9.17, 15) is 0 Å². The molecule has 7 heteroatoms. The number of aliphatic imine (C=N–C) groups is 1. The van der Waals surface area contributed by atoms with Crippen molar-refractivity contribution in [2.75, 3.05) is 65.7 Å². The fourth-order valence-electron chi connectivity index (χ4n) is 5.00. The molecule has 3 rings (SSSR count). The third-order valence-electron chi connectivity index (χ3n) is 6.79. The maximum atomic E-state index is 5.70. The van der Waals surface area contributed by atoms with Gasteiger partial charge in [0, 0.05) is 50.8 Å². The van der Waals surface area contributed by atoms with Crippen molar-refractivity contribution in [2.45, 2.75) is 52.5 Å². The van der Waals surface area contributed by atoms with Gasteiger partial charge in [0.05, 0.1) is 26.4 Å². The van der Waals surface area contributed by atoms with Crippen LogP contribution in [-0.2, 0) is 9.47 Å². The number of hydrogen-bond acceptors (Lipinski definition) is 4. The van der Waals surface area contributed by atoms with Gasteiger partial charge in [0.15, 0.2) is 5.96 Å². The van der Waals surface area contributed by atoms with Crippen LogP contribution in [0.1, 0.15) is 46.5 Å². The number of nitrogens with zero attached hydrogens (tertiary/aromatic N) is 3. The highest BCUT2D eigenvalue weighted by Crippen LogP contribution is 2.38. The smallest absolute Gasteiger partial charge is 0.193 e. The van der Waals surface area contributed by atoms with E-state index in [1.165, 1.54) is 25.7 Å². The molecule has 1 spiro atoms. The standard InChI is InChI=1S/C21H40N4O2.HI/c1-4-18(5-2)19(24-10-13-26-14-11-24)15-23-20(22-6-3)25-9-7-21(16-25)8-12-27-17-21;/h18-19H,4-17H2,1-3H3,(H,22,23);1H. The summed E-state index contributed by atoms with van der Waals surface area (Å²) in [7, 11) is 0. The van der Waals surface area contributed by atoms with Gasteiger partial charge in [0.1, 0.15) is 0 Å². The molecule has 3 aliphatic rings. The maximum absolute atomic E-state index is 5.70. The van der Waals surface area contributed by atoms with Crippen molar-refractivity contribution < 1.29 is 9.47 Å². The van der Waals surface area contributed by atoms with Crippen LogP contribution in [0.4, 0.5) is 0 Å². The molecule has 6 nitrogen and oxygen atoms in total. The van der Waals surface area contributed by atoms with Crippen molar-refractivity contribution in [2.24, 2.45) is 16.3 Å². The zero-order valence-electron chi connectivity index (χ0n) is 18.1. The Hall–Kier alpha value is -0.120. The molecule has 3 saturated heterocycles. The van der Waals surface area contributed by atoms with Crippen LogP contribution in [0.25, 0.3) is 0 Å². The number of morpholine rings is 1. The van der Waals surface area contributed by atoms with Gasteiger partial charge in [-0.05, 0) is 25.7 Å². The van der Waals surface area contributed by atoms with Crippen LogP contribution in [0, 0.1) is 11.3 Å². The number of halogens is 1. The SMILES string of the molecule is CCNC(=NCC(C(CC)CC)N1CCOCC1)N1CCC2(CCOC2)C1.I. The maximum Gasteiger partial charge on any atom is 0.193 e. The largest absolute Gasteiger partial charge is 0.381 e. The van der Waals surface area contributed by atoms with Crippen molar-refractivity contribution in [3.8, 4) is 0 Å². The van der Waals surface area contributed by atoms with E-state index in [2.05, 4.69) is 35.9 Å². The van der Waals surface area contributed by atoms with Gasteiger partial charge >= 0.3 is 0 Å². The van der Waals surface area contributed by atoms with Gasteiger partial charge in [0.2, 0.25) is 0 Å². The molecule has 28 heavy (non-hydrogen) atoms. The lowest BCUT2D eigenvalue weighted by Gasteiger charge is -2.38. The number of nitrogens with one attached hydrogen (secondary N) is 1. The Labute approximate surface area is 188 Å². The third kappa shape index (κ3) is 5.95. The van der Waals surface area contributed by atoms with Gasteiger partial charge in [0.25, 0.3) is 0 Å². The van der Waals surface area contributed by atoms with Crippen LogP contribution in [0.2, 0.25) is 0 Å². The Morgan fingerprint density at radius 2 is 1.79 bits per heavy atom. The first-order chi connectivity index (χ1) is 13.2. The van der Waals surface area contributed by atoms with Crippen LogP contribution in [0.3, 0.4) is 0 Å². The van der Waals surface area contributed by atoms with Crippen molar-refractivity contribution >= 4 is 29.9 Å². The molecule has 0 aliphatic carbocycles. The Morgan fingerprint density at radius 3 is 2.39 bits per heavy atom. The van der Waals surface area contributed by atoms with Crippen LogP contribution >= 0.6 is 24.0 Å². The van der Waals surface area contributed by atoms with Crippen molar-refractivity contribution in [3.63, 3.8) is 0 Å². The van der Waals surface area contributed by atoms with Crippen LogP contribution in [-0.4, -0.2) is 87.5 Å². The second kappa shape index (κ2) is 11.9. The summed E-state index contributed by atoms with van der Waals surface area (Å²) in [6.45, 7) is 16.4. The zero-order valence-corrected chi connectivity index (χ0v) is 20.5. The lowest BCUT2D eigenvalue weighted by molar-refractivity contribution is 0.00391. The van der Waals surface area contributed by atoms with Gasteiger partial charge in [-0.2, -0.15) is 0 Å². The predicted molar refractivity (Wildman–Crippen MR) is 126 cm³/mol. The van der Waals surface area contributed by atoms with Gasteiger partial charge in [-0.15, -0.1) is 24.0 Å². The molecule has 1 N–H and O–H groups in total. The first-order valence-corrected chi connectivity index (χ1v) is 11.1. The van der Waals surface area contributed by atoms with E-state index in [1.54, 1.807) is 0 Å². The Morgan fingerprint density at radius 1 is 1.04 bits per heavy atom. The fraction of sp³-hybridized carbons (Fsp3) is 0.952. The molecule has 0 aromatic rings. The molecular formula is C21H41IN4O2. The summed E-state index contributed by atoms with van der Waals surface area (Å²) in [5.41, 5.74) is 0.370. The molecule has 3 fully saturated rings. The van der Waals surface area contributed by atoms with Crippen molar-refractivity contribution in [1.82, 2.24) is 15.1 Å². The number of hydrogen-bond donors (Lipinski definition) is 1. The van der Waals surface area contributed by atoms with Gasteiger partial charge < -0.3 is 19.7 Å². The highest BCUT2D eigenvalue weighted by atomic mass is 127. The molecule has 2 atom stereocenters. The summed E-state index contributed by atoms with van der Waals surface area (Å²) in [5.74, 6) is 1.80. The molecule has 0 aromatic carbocycles. The number of ether oxygens (including phenoxy) is 2. The van der Waals surface area contributed by atoms with Crippen molar-refractivity contribution in [3.05, 3.63) is 0 Å². The average Bonchev–Trinajstić information content (AvgIpc) is 3.35. The number of likely N-dealkylation sites (tertiary alicyclic amines) is 1. The van der Waals surface area contributed by atoms with Gasteiger partial charge in [-0.1, -0.05) is 26.7 Å². The lowest BCUT2D eigenvalue weighted by Crippen LogP contribution is -2.49. The monoisotopic (exact) mass is 508 g/mol. The molecule has 3 aliphatic heterocycles. The number of rotatable bonds is 7. The second-order valence-electron chi connectivity index (χ2n) is 8.46. The third-order valence-corrected chi connectivity index (χ3v) is 6.79. The summed E-state index contributed by atoms with van der Waals surface area (Å²) >= 11 is 0. The topological polar surface area (TPSA) is 49.3 Å². The van der Waals surface area contributed by atoms with Crippen LogP contribution in [0.15, 0.2) is 4.99 Å². The molecule has 0 aromatic heterocycles. The Kier molecular flexibility index (Phi) is 10.3. The van der Waals surface area contributed by atoms with Crippen molar-refractivity contribution in [1.29, 1.82) is 0 Å². The zero-order chi connectivity index (χ0) is 19.1. The summed E-state index contributed by atoms with van der Waals surface area (Å²) in [6.07, 6.45) is 4.87. The molecule has 0 radical (unpaired) electrons. The normalized spacial score (nSPS) is 27.4. The Balaban J connectivity index is 0.00000280. The number of guanidine groups is 1. The van der Waals surface area contributed by atoms with E-state index in [0.717, 1.165) is 71.7 Å². The molecule has 164 valence electrons. The predicted octanol–water partition coefficient (Wildman–Crippen LogP) is 2.82. The summed E-state index contributed by atoms with van der Waals surface area (Å²) < 4.78 is 11.3. The van der Waals surface area contributed by atoms with E-state index in [-0.39, 0.29) is 24.0 Å². The quantitative estimate of drug-likeness (QED) is 0.326. The van der Waals surface area contributed by atoms with Crippen LogP contribution < -0.4 is 5.32 Å². The molecule has 2 unspecified atom stereocenters.